The summed E-state index contributed by atoms with van der Waals surface area (Å²) >= 11 is 0. The first-order valence-electron chi connectivity index (χ1n) is 5.47. The average molecular weight is 236 g/mol. The van der Waals surface area contributed by atoms with Crippen LogP contribution in [0.4, 0.5) is 4.39 Å². The summed E-state index contributed by atoms with van der Waals surface area (Å²) in [5.74, 6) is -0.589. The molecule has 90 valence electrons. The van der Waals surface area contributed by atoms with Crippen molar-refractivity contribution in [3.8, 4) is 5.75 Å². The summed E-state index contributed by atoms with van der Waals surface area (Å²) < 4.78 is 18.3. The van der Waals surface area contributed by atoms with E-state index >= 15 is 0 Å². The molecule has 0 amide bonds. The quantitative estimate of drug-likeness (QED) is 0.799. The van der Waals surface area contributed by atoms with Crippen LogP contribution in [0, 0.1) is 11.7 Å². The minimum absolute atomic E-state index is 0.209. The maximum Gasteiger partial charge on any atom is 0.328 e. The molecule has 1 N–H and O–H groups in total. The van der Waals surface area contributed by atoms with Gasteiger partial charge in [-0.2, -0.15) is 0 Å². The minimum atomic E-state index is -0.963. The van der Waals surface area contributed by atoms with Crippen LogP contribution in [0.3, 0.4) is 0 Å². The highest BCUT2D eigenvalue weighted by Gasteiger charge is 2.26. The minimum Gasteiger partial charge on any atom is -0.489 e. The Labute approximate surface area is 98.5 Å². The molecule has 4 heteroatoms. The largest absolute Gasteiger partial charge is 0.489 e. The summed E-state index contributed by atoms with van der Waals surface area (Å²) in [6.07, 6.45) is 3.20. The zero-order valence-electron chi connectivity index (χ0n) is 9.23. The molecule has 2 rings (SSSR count). The Morgan fingerprint density at radius 3 is 2.88 bits per heavy atom. The molecule has 0 spiro atoms. The molecule has 1 fully saturated rings. The van der Waals surface area contributed by atoms with Gasteiger partial charge in [-0.3, -0.25) is 0 Å². The number of hydrogen-bond acceptors (Lipinski definition) is 2. The van der Waals surface area contributed by atoms with Gasteiger partial charge in [-0.1, -0.05) is 6.07 Å². The Kier molecular flexibility index (Phi) is 3.42. The first kappa shape index (κ1) is 11.6. The second-order valence-corrected chi connectivity index (χ2v) is 4.08. The van der Waals surface area contributed by atoms with Crippen molar-refractivity contribution in [3.05, 3.63) is 41.7 Å². The lowest BCUT2D eigenvalue weighted by molar-refractivity contribution is -0.131. The molecule has 0 heterocycles. The highest BCUT2D eigenvalue weighted by molar-refractivity contribution is 5.80. The molecule has 3 nitrogen and oxygen atoms in total. The molecule has 1 aromatic rings. The molecule has 17 heavy (non-hydrogen) atoms. The number of carboxylic acids is 1. The van der Waals surface area contributed by atoms with E-state index in [2.05, 4.69) is 0 Å². The van der Waals surface area contributed by atoms with Crippen molar-refractivity contribution in [2.45, 2.75) is 12.8 Å². The van der Waals surface area contributed by atoms with E-state index < -0.39 is 5.97 Å². The third kappa shape index (κ3) is 3.59. The number of carboxylic acid groups (broad SMARTS) is 1. The van der Waals surface area contributed by atoms with Gasteiger partial charge in [0.2, 0.25) is 0 Å². The summed E-state index contributed by atoms with van der Waals surface area (Å²) in [4.78, 5) is 10.6. The predicted octanol–water partition coefficient (Wildman–Crippen LogP) is 2.63. The lowest BCUT2D eigenvalue weighted by atomic mass is 10.1. The topological polar surface area (TPSA) is 46.5 Å². The fraction of sp³-hybridized carbons (Fsp3) is 0.308. The summed E-state index contributed by atoms with van der Waals surface area (Å²) in [6, 6.07) is 5.82. The normalized spacial score (nSPS) is 15.7. The van der Waals surface area contributed by atoms with Crippen molar-refractivity contribution in [3.63, 3.8) is 0 Å². The van der Waals surface area contributed by atoms with Crippen LogP contribution in [-0.2, 0) is 4.79 Å². The Morgan fingerprint density at radius 2 is 2.29 bits per heavy atom. The Bertz CT molecular complexity index is 450. The van der Waals surface area contributed by atoms with E-state index in [0.717, 1.165) is 18.4 Å². The van der Waals surface area contributed by atoms with Crippen molar-refractivity contribution in [1.29, 1.82) is 0 Å². The van der Waals surface area contributed by atoms with E-state index in [1.165, 1.54) is 18.2 Å². The summed E-state index contributed by atoms with van der Waals surface area (Å²) in [7, 11) is 0. The van der Waals surface area contributed by atoms with Crippen molar-refractivity contribution in [1.82, 2.24) is 0 Å². The number of ether oxygens (including phenoxy) is 1. The van der Waals surface area contributed by atoms with Crippen LogP contribution in [0.1, 0.15) is 12.8 Å². The summed E-state index contributed by atoms with van der Waals surface area (Å²) in [5, 5.41) is 8.71. The smallest absolute Gasteiger partial charge is 0.328 e. The number of halogens is 1. The standard InChI is InChI=1S/C13H13FO3/c14-11-2-1-3-12(7-11)17-8-10(6-13(15)16)9-4-5-9/h1-3,6-7,9H,4-5,8H2,(H,15,16)/b10-6-. The SMILES string of the molecule is O=C(O)/C=C(/COc1cccc(F)c1)C1CC1. The first-order chi connectivity index (χ1) is 8.15. The van der Waals surface area contributed by atoms with Gasteiger partial charge < -0.3 is 9.84 Å². The fourth-order valence-electron chi connectivity index (χ4n) is 1.61. The maximum absolute atomic E-state index is 12.9. The van der Waals surface area contributed by atoms with Crippen molar-refractivity contribution in [2.24, 2.45) is 5.92 Å². The van der Waals surface area contributed by atoms with Crippen LogP contribution >= 0.6 is 0 Å². The molecular formula is C13H13FO3. The maximum atomic E-state index is 12.9. The van der Waals surface area contributed by atoms with Crippen LogP contribution in [-0.4, -0.2) is 17.7 Å². The molecule has 0 saturated heterocycles. The summed E-state index contributed by atoms with van der Waals surface area (Å²) in [6.45, 7) is 0.209. The second kappa shape index (κ2) is 4.99. The Hall–Kier alpha value is -1.84. The van der Waals surface area contributed by atoms with Gasteiger partial charge in [-0.05, 0) is 36.5 Å². The van der Waals surface area contributed by atoms with Crippen LogP contribution in [0.25, 0.3) is 0 Å². The van der Waals surface area contributed by atoms with E-state index in [0.29, 0.717) is 11.7 Å². The molecule has 0 bridgehead atoms. The monoisotopic (exact) mass is 236 g/mol. The fourth-order valence-corrected chi connectivity index (χ4v) is 1.61. The molecule has 1 aromatic carbocycles. The van der Waals surface area contributed by atoms with E-state index in [1.807, 2.05) is 0 Å². The Morgan fingerprint density at radius 1 is 1.53 bits per heavy atom. The number of rotatable bonds is 5. The van der Waals surface area contributed by atoms with Gasteiger partial charge in [-0.15, -0.1) is 0 Å². The van der Waals surface area contributed by atoms with Crippen LogP contribution < -0.4 is 4.74 Å². The zero-order valence-corrected chi connectivity index (χ0v) is 9.23. The highest BCUT2D eigenvalue weighted by Crippen LogP contribution is 2.36. The number of carbonyl (C=O) groups is 1. The van der Waals surface area contributed by atoms with Crippen molar-refractivity contribution >= 4 is 5.97 Å². The van der Waals surface area contributed by atoms with E-state index in [1.54, 1.807) is 12.1 Å². The lowest BCUT2D eigenvalue weighted by Crippen LogP contribution is -2.05. The molecule has 0 aromatic heterocycles. The zero-order chi connectivity index (χ0) is 12.3. The molecule has 0 atom stereocenters. The number of aliphatic carboxylic acids is 1. The van der Waals surface area contributed by atoms with Crippen molar-refractivity contribution in [2.75, 3.05) is 6.61 Å². The molecule has 1 aliphatic rings. The van der Waals surface area contributed by atoms with E-state index in [4.69, 9.17) is 9.84 Å². The molecule has 0 unspecified atom stereocenters. The number of hydrogen-bond donors (Lipinski definition) is 1. The molecule has 1 aliphatic carbocycles. The van der Waals surface area contributed by atoms with Crippen molar-refractivity contribution < 1.29 is 19.0 Å². The Balaban J connectivity index is 1.98. The third-order valence-corrected chi connectivity index (χ3v) is 2.61. The van der Waals surface area contributed by atoms with Gasteiger partial charge in [0.1, 0.15) is 18.2 Å². The third-order valence-electron chi connectivity index (χ3n) is 2.61. The average Bonchev–Trinajstić information content (AvgIpc) is 3.07. The second-order valence-electron chi connectivity index (χ2n) is 4.08. The number of benzene rings is 1. The van der Waals surface area contributed by atoms with Crippen LogP contribution in [0.5, 0.6) is 5.75 Å². The van der Waals surface area contributed by atoms with Gasteiger partial charge in [0.15, 0.2) is 0 Å². The van der Waals surface area contributed by atoms with Gasteiger partial charge in [-0.25, -0.2) is 9.18 Å². The van der Waals surface area contributed by atoms with Gasteiger partial charge in [0.05, 0.1) is 0 Å². The molecule has 1 saturated carbocycles. The van der Waals surface area contributed by atoms with Gasteiger partial charge >= 0.3 is 5.97 Å². The van der Waals surface area contributed by atoms with E-state index in [-0.39, 0.29) is 12.4 Å². The van der Waals surface area contributed by atoms with Gasteiger partial charge in [0, 0.05) is 12.1 Å². The first-order valence-corrected chi connectivity index (χ1v) is 5.47. The van der Waals surface area contributed by atoms with Crippen LogP contribution in [0.15, 0.2) is 35.9 Å². The summed E-state index contributed by atoms with van der Waals surface area (Å²) in [5.41, 5.74) is 0.766. The lowest BCUT2D eigenvalue weighted by Gasteiger charge is -2.08. The van der Waals surface area contributed by atoms with E-state index in [9.17, 15) is 9.18 Å². The predicted molar refractivity (Wildman–Crippen MR) is 60.3 cm³/mol. The molecule has 0 radical (unpaired) electrons. The molecule has 0 aliphatic heterocycles. The van der Waals surface area contributed by atoms with Gasteiger partial charge in [0.25, 0.3) is 0 Å². The highest BCUT2D eigenvalue weighted by atomic mass is 19.1. The molecular weight excluding hydrogens is 223 g/mol. The van der Waals surface area contributed by atoms with Crippen LogP contribution in [0.2, 0.25) is 0 Å².